The van der Waals surface area contributed by atoms with Gasteiger partial charge in [-0.05, 0) is 12.1 Å². The molecule has 0 saturated carbocycles. The summed E-state index contributed by atoms with van der Waals surface area (Å²) in [6, 6.07) is 3.58. The molecular weight excluding hydrogens is 282 g/mol. The average Bonchev–Trinajstić information content (AvgIpc) is 2.39. The van der Waals surface area contributed by atoms with E-state index < -0.39 is 30.3 Å². The van der Waals surface area contributed by atoms with E-state index in [1.54, 1.807) is 0 Å². The molecule has 0 bridgehead atoms. The lowest BCUT2D eigenvalue weighted by molar-refractivity contribution is -0.152. The number of nitrogens with one attached hydrogen (secondary N) is 1. The Labute approximate surface area is 112 Å². The van der Waals surface area contributed by atoms with Crippen LogP contribution in [0.5, 0.6) is 5.75 Å². The second-order valence-electron chi connectivity index (χ2n) is 3.85. The molecule has 112 valence electrons. The Hall–Kier alpha value is -2.19. The molecular formula is C11H13F4N3O2. The van der Waals surface area contributed by atoms with Crippen LogP contribution in [0.4, 0.5) is 23.2 Å². The lowest BCUT2D eigenvalue weighted by Crippen LogP contribution is -2.40. The number of alkyl halides is 3. The van der Waals surface area contributed by atoms with Crippen LogP contribution in [0.25, 0.3) is 0 Å². The van der Waals surface area contributed by atoms with Gasteiger partial charge >= 0.3 is 6.18 Å². The molecule has 1 aromatic rings. The van der Waals surface area contributed by atoms with Gasteiger partial charge < -0.3 is 21.0 Å². The van der Waals surface area contributed by atoms with Crippen molar-refractivity contribution < 1.29 is 27.5 Å². The van der Waals surface area contributed by atoms with Crippen molar-refractivity contribution in [2.45, 2.75) is 6.18 Å². The number of ether oxygens (including phenoxy) is 1. The number of nitrogens with two attached hydrogens (primary N) is 1. The van der Waals surface area contributed by atoms with Crippen LogP contribution in [0.2, 0.25) is 0 Å². The molecule has 0 spiro atoms. The number of oxime groups is 1. The van der Waals surface area contributed by atoms with Crippen molar-refractivity contribution in [1.29, 1.82) is 0 Å². The highest BCUT2D eigenvalue weighted by Gasteiger charge is 2.42. The Balaban J connectivity index is 2.88. The maximum atomic E-state index is 13.4. The number of hydrogen-bond donors (Lipinski definition) is 3. The van der Waals surface area contributed by atoms with Crippen LogP contribution in [-0.4, -0.2) is 30.9 Å². The summed E-state index contributed by atoms with van der Waals surface area (Å²) in [5, 5.41) is 12.9. The van der Waals surface area contributed by atoms with Gasteiger partial charge in [-0.3, -0.25) is 0 Å². The molecule has 1 rings (SSSR count). The first-order valence-electron chi connectivity index (χ1n) is 5.41. The second-order valence-corrected chi connectivity index (χ2v) is 3.85. The maximum absolute atomic E-state index is 13.4. The molecule has 9 heteroatoms. The summed E-state index contributed by atoms with van der Waals surface area (Å²) < 4.78 is 56.3. The number of hydrogen-bond acceptors (Lipinski definition) is 4. The summed E-state index contributed by atoms with van der Waals surface area (Å²) in [5.41, 5.74) is 4.81. The highest BCUT2D eigenvalue weighted by Crippen LogP contribution is 2.28. The summed E-state index contributed by atoms with van der Waals surface area (Å²) >= 11 is 0. The van der Waals surface area contributed by atoms with E-state index in [1.165, 1.54) is 19.2 Å². The predicted molar refractivity (Wildman–Crippen MR) is 64.4 cm³/mol. The molecule has 0 aliphatic heterocycles. The van der Waals surface area contributed by atoms with Crippen molar-refractivity contribution in [1.82, 2.24) is 0 Å². The fourth-order valence-electron chi connectivity index (χ4n) is 1.44. The number of anilines is 1. The molecule has 1 aromatic carbocycles. The van der Waals surface area contributed by atoms with Crippen LogP contribution in [0, 0.1) is 11.7 Å². The average molecular weight is 295 g/mol. The Morgan fingerprint density at radius 3 is 2.65 bits per heavy atom. The van der Waals surface area contributed by atoms with E-state index in [-0.39, 0.29) is 11.4 Å². The molecule has 20 heavy (non-hydrogen) atoms. The van der Waals surface area contributed by atoms with Gasteiger partial charge in [0.15, 0.2) is 5.84 Å². The van der Waals surface area contributed by atoms with E-state index in [1.807, 2.05) is 0 Å². The lowest BCUT2D eigenvalue weighted by atomic mass is 10.1. The zero-order chi connectivity index (χ0) is 15.3. The quantitative estimate of drug-likeness (QED) is 0.256. The lowest BCUT2D eigenvalue weighted by Gasteiger charge is -2.20. The fourth-order valence-corrected chi connectivity index (χ4v) is 1.44. The molecule has 0 heterocycles. The molecule has 0 radical (unpaired) electrons. The van der Waals surface area contributed by atoms with Gasteiger partial charge in [0.1, 0.15) is 17.5 Å². The Morgan fingerprint density at radius 2 is 2.15 bits per heavy atom. The van der Waals surface area contributed by atoms with Gasteiger partial charge in [-0.25, -0.2) is 4.39 Å². The SMILES string of the molecule is COc1ccc(F)c(NCC(/C(N)=N/O)C(F)(F)F)c1. The molecule has 1 unspecified atom stereocenters. The summed E-state index contributed by atoms with van der Waals surface area (Å²) in [6.07, 6.45) is -4.72. The van der Waals surface area contributed by atoms with Crippen molar-refractivity contribution in [2.24, 2.45) is 16.8 Å². The molecule has 4 N–H and O–H groups in total. The van der Waals surface area contributed by atoms with Crippen molar-refractivity contribution >= 4 is 11.5 Å². The van der Waals surface area contributed by atoms with Gasteiger partial charge in [0.05, 0.1) is 12.8 Å². The molecule has 1 atom stereocenters. The van der Waals surface area contributed by atoms with E-state index in [2.05, 4.69) is 10.5 Å². The number of rotatable bonds is 5. The third-order valence-electron chi connectivity index (χ3n) is 2.54. The third kappa shape index (κ3) is 3.90. The van der Waals surface area contributed by atoms with Crippen LogP contribution in [0.1, 0.15) is 0 Å². The second kappa shape index (κ2) is 6.31. The Kier molecular flexibility index (Phi) is 5.00. The first-order valence-corrected chi connectivity index (χ1v) is 5.41. The standard InChI is InChI=1S/C11H13F4N3O2/c1-20-6-2-3-8(12)9(4-6)17-5-7(10(16)18-19)11(13,14)15/h2-4,7,17,19H,5H2,1H3,(H2,16,18). The number of halogens is 4. The van der Waals surface area contributed by atoms with Crippen LogP contribution in [0.15, 0.2) is 23.4 Å². The highest BCUT2D eigenvalue weighted by molar-refractivity contribution is 5.83. The van der Waals surface area contributed by atoms with Crippen LogP contribution < -0.4 is 15.8 Å². The molecule has 5 nitrogen and oxygen atoms in total. The number of nitrogens with zero attached hydrogens (tertiary/aromatic N) is 1. The van der Waals surface area contributed by atoms with Gasteiger partial charge in [0.25, 0.3) is 0 Å². The Bertz CT molecular complexity index is 491. The van der Waals surface area contributed by atoms with Crippen LogP contribution in [-0.2, 0) is 0 Å². The molecule has 0 amide bonds. The smallest absolute Gasteiger partial charge is 0.400 e. The predicted octanol–water partition coefficient (Wildman–Crippen LogP) is 2.17. The summed E-state index contributed by atoms with van der Waals surface area (Å²) in [6.45, 7) is -0.774. The van der Waals surface area contributed by atoms with Crippen molar-refractivity contribution in [3.05, 3.63) is 24.0 Å². The van der Waals surface area contributed by atoms with Gasteiger partial charge in [-0.2, -0.15) is 13.2 Å². The van der Waals surface area contributed by atoms with Crippen molar-refractivity contribution in [2.75, 3.05) is 19.0 Å². The minimum Gasteiger partial charge on any atom is -0.497 e. The molecule has 0 aromatic heterocycles. The molecule has 0 saturated heterocycles. The first-order chi connectivity index (χ1) is 9.29. The van der Waals surface area contributed by atoms with E-state index >= 15 is 0 Å². The minimum atomic E-state index is -4.72. The maximum Gasteiger partial charge on any atom is 0.400 e. The van der Waals surface area contributed by atoms with E-state index in [9.17, 15) is 17.6 Å². The summed E-state index contributed by atoms with van der Waals surface area (Å²) in [7, 11) is 1.34. The number of methoxy groups -OCH3 is 1. The first kappa shape index (κ1) is 15.9. The van der Waals surface area contributed by atoms with Gasteiger partial charge in [-0.1, -0.05) is 5.16 Å². The van der Waals surface area contributed by atoms with Crippen LogP contribution >= 0.6 is 0 Å². The molecule has 0 fully saturated rings. The van der Waals surface area contributed by atoms with E-state index in [4.69, 9.17) is 15.7 Å². The number of benzene rings is 1. The minimum absolute atomic E-state index is 0.177. The van der Waals surface area contributed by atoms with Crippen molar-refractivity contribution in [3.8, 4) is 5.75 Å². The zero-order valence-electron chi connectivity index (χ0n) is 10.4. The topological polar surface area (TPSA) is 79.9 Å². The third-order valence-corrected chi connectivity index (χ3v) is 2.54. The summed E-state index contributed by atoms with van der Waals surface area (Å²) in [4.78, 5) is 0. The van der Waals surface area contributed by atoms with Gasteiger partial charge in [0.2, 0.25) is 0 Å². The highest BCUT2D eigenvalue weighted by atomic mass is 19.4. The zero-order valence-corrected chi connectivity index (χ0v) is 10.4. The normalized spacial score (nSPS) is 13.9. The van der Waals surface area contributed by atoms with E-state index in [0.29, 0.717) is 0 Å². The van der Waals surface area contributed by atoms with Crippen molar-refractivity contribution in [3.63, 3.8) is 0 Å². The molecule has 0 aliphatic rings. The number of amidine groups is 1. The van der Waals surface area contributed by atoms with E-state index in [0.717, 1.165) is 6.07 Å². The largest absolute Gasteiger partial charge is 0.497 e. The van der Waals surface area contributed by atoms with Gasteiger partial charge in [0, 0.05) is 12.6 Å². The Morgan fingerprint density at radius 1 is 1.50 bits per heavy atom. The molecule has 0 aliphatic carbocycles. The summed E-state index contributed by atoms with van der Waals surface area (Å²) in [5.74, 6) is -3.71. The monoisotopic (exact) mass is 295 g/mol. The van der Waals surface area contributed by atoms with Gasteiger partial charge in [-0.15, -0.1) is 0 Å². The van der Waals surface area contributed by atoms with Crippen LogP contribution in [0.3, 0.4) is 0 Å². The fraction of sp³-hybridized carbons (Fsp3) is 0.364.